The topological polar surface area (TPSA) is 9.23 Å². The summed E-state index contributed by atoms with van der Waals surface area (Å²) in [4.78, 5) is 0. The molecule has 2 aromatic rings. The lowest BCUT2D eigenvalue weighted by molar-refractivity contribution is 0.242. The quantitative estimate of drug-likeness (QED) is 0.578. The summed E-state index contributed by atoms with van der Waals surface area (Å²) in [5.74, 6) is 0.835. The number of hydrogen-bond donors (Lipinski definition) is 0. The molecule has 0 heterocycles. The molecule has 0 amide bonds. The van der Waals surface area contributed by atoms with Gasteiger partial charge in [0.05, 0.1) is 21.5 Å². The normalized spacial score (nSPS) is 12.5. The molecule has 112 valence electrons. The van der Waals surface area contributed by atoms with Crippen molar-refractivity contribution in [2.45, 2.75) is 31.7 Å². The molecule has 0 aliphatic heterocycles. The molecule has 2 rings (SSSR count). The average molecular weight is 344 g/mol. The summed E-state index contributed by atoms with van der Waals surface area (Å²) in [5.41, 5.74) is 2.08. The molecule has 4 heteroatoms. The van der Waals surface area contributed by atoms with Gasteiger partial charge < -0.3 is 4.74 Å². The van der Waals surface area contributed by atoms with Gasteiger partial charge in [0.1, 0.15) is 5.75 Å². The fourth-order valence-electron chi connectivity index (χ4n) is 2.05. The third kappa shape index (κ3) is 4.81. The van der Waals surface area contributed by atoms with Crippen molar-refractivity contribution in [1.82, 2.24) is 0 Å². The van der Waals surface area contributed by atoms with E-state index in [1.165, 1.54) is 0 Å². The van der Waals surface area contributed by atoms with E-state index in [-0.39, 0.29) is 11.5 Å². The maximum Gasteiger partial charge on any atom is 0.120 e. The standard InChI is InChI=1S/C17H17Cl3O/c1-11(2)21-14-5-3-4-13(10-14)16(19)8-12-6-7-15(18)17(20)9-12/h3-7,9-11,16H,8H2,1-2H3. The van der Waals surface area contributed by atoms with Crippen LogP contribution in [0, 0.1) is 0 Å². The summed E-state index contributed by atoms with van der Waals surface area (Å²) >= 11 is 18.5. The predicted molar refractivity (Wildman–Crippen MR) is 91.0 cm³/mol. The number of rotatable bonds is 5. The van der Waals surface area contributed by atoms with Crippen molar-refractivity contribution in [2.24, 2.45) is 0 Å². The lowest BCUT2D eigenvalue weighted by Gasteiger charge is -2.14. The molecule has 0 radical (unpaired) electrons. The van der Waals surface area contributed by atoms with Crippen LogP contribution in [0.5, 0.6) is 5.75 Å². The van der Waals surface area contributed by atoms with Gasteiger partial charge in [0.15, 0.2) is 0 Å². The van der Waals surface area contributed by atoms with Crippen LogP contribution in [-0.2, 0) is 6.42 Å². The first-order valence-electron chi connectivity index (χ1n) is 6.80. The summed E-state index contributed by atoms with van der Waals surface area (Å²) in [7, 11) is 0. The number of hydrogen-bond acceptors (Lipinski definition) is 1. The van der Waals surface area contributed by atoms with Gasteiger partial charge in [0, 0.05) is 0 Å². The highest BCUT2D eigenvalue weighted by Crippen LogP contribution is 2.30. The molecule has 0 spiro atoms. The maximum atomic E-state index is 6.51. The molecular weight excluding hydrogens is 327 g/mol. The molecule has 1 atom stereocenters. The third-order valence-electron chi connectivity index (χ3n) is 2.99. The minimum absolute atomic E-state index is 0.141. The fraction of sp³-hybridized carbons (Fsp3) is 0.294. The van der Waals surface area contributed by atoms with Crippen LogP contribution < -0.4 is 4.74 Å². The predicted octanol–water partition coefficient (Wildman–Crippen LogP) is 6.30. The molecule has 0 aliphatic carbocycles. The van der Waals surface area contributed by atoms with Crippen LogP contribution in [0.1, 0.15) is 30.4 Å². The van der Waals surface area contributed by atoms with Crippen molar-refractivity contribution in [1.29, 1.82) is 0 Å². The molecule has 1 unspecified atom stereocenters. The Kier molecular flexibility index (Phi) is 5.80. The second-order valence-electron chi connectivity index (χ2n) is 5.16. The second kappa shape index (κ2) is 7.40. The van der Waals surface area contributed by atoms with E-state index in [2.05, 4.69) is 0 Å². The molecule has 21 heavy (non-hydrogen) atoms. The zero-order valence-corrected chi connectivity index (χ0v) is 14.2. The molecule has 0 aromatic heterocycles. The summed E-state index contributed by atoms with van der Waals surface area (Å²) in [6.07, 6.45) is 0.827. The lowest BCUT2D eigenvalue weighted by Crippen LogP contribution is -2.06. The van der Waals surface area contributed by atoms with Crippen molar-refractivity contribution in [3.05, 3.63) is 63.6 Å². The highest BCUT2D eigenvalue weighted by atomic mass is 35.5. The number of halogens is 3. The third-order valence-corrected chi connectivity index (χ3v) is 4.14. The van der Waals surface area contributed by atoms with Crippen molar-refractivity contribution < 1.29 is 4.74 Å². The smallest absolute Gasteiger partial charge is 0.120 e. The molecule has 0 saturated heterocycles. The first kappa shape index (κ1) is 16.5. The number of ether oxygens (including phenoxy) is 1. The van der Waals surface area contributed by atoms with Gasteiger partial charge in [0.25, 0.3) is 0 Å². The van der Waals surface area contributed by atoms with E-state index >= 15 is 0 Å². The van der Waals surface area contributed by atoms with Gasteiger partial charge in [-0.15, -0.1) is 11.6 Å². The second-order valence-corrected chi connectivity index (χ2v) is 6.50. The van der Waals surface area contributed by atoms with Crippen molar-refractivity contribution in [3.8, 4) is 5.75 Å². The molecule has 2 aromatic carbocycles. The summed E-state index contributed by atoms with van der Waals surface area (Å²) < 4.78 is 5.69. The summed E-state index contributed by atoms with van der Waals surface area (Å²) in [6, 6.07) is 13.5. The van der Waals surface area contributed by atoms with E-state index in [1.54, 1.807) is 6.07 Å². The first-order valence-corrected chi connectivity index (χ1v) is 7.99. The monoisotopic (exact) mass is 342 g/mol. The lowest BCUT2D eigenvalue weighted by atomic mass is 10.0. The molecular formula is C17H17Cl3O. The molecule has 1 nitrogen and oxygen atoms in total. The number of alkyl halides is 1. The fourth-order valence-corrected chi connectivity index (χ4v) is 2.68. The Morgan fingerprint density at radius 3 is 2.43 bits per heavy atom. The van der Waals surface area contributed by atoms with Crippen molar-refractivity contribution in [2.75, 3.05) is 0 Å². The Hall–Kier alpha value is -0.890. The minimum atomic E-state index is -0.141. The van der Waals surface area contributed by atoms with Crippen LogP contribution in [0.25, 0.3) is 0 Å². The minimum Gasteiger partial charge on any atom is -0.491 e. The Morgan fingerprint density at radius 2 is 1.76 bits per heavy atom. The van der Waals surface area contributed by atoms with E-state index in [0.29, 0.717) is 16.5 Å². The molecule has 0 N–H and O–H groups in total. The van der Waals surface area contributed by atoms with E-state index < -0.39 is 0 Å². The van der Waals surface area contributed by atoms with Gasteiger partial charge in [-0.3, -0.25) is 0 Å². The zero-order chi connectivity index (χ0) is 15.4. The van der Waals surface area contributed by atoms with E-state index in [4.69, 9.17) is 39.5 Å². The number of benzene rings is 2. The van der Waals surface area contributed by atoms with Crippen LogP contribution in [0.2, 0.25) is 10.0 Å². The van der Waals surface area contributed by atoms with E-state index in [1.807, 2.05) is 50.2 Å². The highest BCUT2D eigenvalue weighted by Gasteiger charge is 2.11. The SMILES string of the molecule is CC(C)Oc1cccc(C(Cl)Cc2ccc(Cl)c(Cl)c2)c1. The van der Waals surface area contributed by atoms with Crippen LogP contribution >= 0.6 is 34.8 Å². The van der Waals surface area contributed by atoms with Crippen LogP contribution in [0.15, 0.2) is 42.5 Å². The first-order chi connectivity index (χ1) is 9.95. The Morgan fingerprint density at radius 1 is 1.00 bits per heavy atom. The van der Waals surface area contributed by atoms with Crippen LogP contribution in [0.3, 0.4) is 0 Å². The van der Waals surface area contributed by atoms with Crippen molar-refractivity contribution >= 4 is 34.8 Å². The molecule has 0 aliphatic rings. The summed E-state index contributed by atoms with van der Waals surface area (Å²) in [6.45, 7) is 4.00. The summed E-state index contributed by atoms with van der Waals surface area (Å²) in [5, 5.41) is 0.965. The van der Waals surface area contributed by atoms with Gasteiger partial charge in [-0.05, 0) is 55.7 Å². The average Bonchev–Trinajstić information content (AvgIpc) is 2.42. The van der Waals surface area contributed by atoms with Gasteiger partial charge >= 0.3 is 0 Å². The molecule has 0 fully saturated rings. The maximum absolute atomic E-state index is 6.51. The van der Waals surface area contributed by atoms with E-state index in [9.17, 15) is 0 Å². The largest absolute Gasteiger partial charge is 0.491 e. The molecule has 0 saturated carbocycles. The molecule has 0 bridgehead atoms. The van der Waals surface area contributed by atoms with Crippen molar-refractivity contribution in [3.63, 3.8) is 0 Å². The van der Waals surface area contributed by atoms with E-state index in [0.717, 1.165) is 16.9 Å². The van der Waals surface area contributed by atoms with Gasteiger partial charge in [-0.1, -0.05) is 41.4 Å². The highest BCUT2D eigenvalue weighted by molar-refractivity contribution is 6.42. The Bertz CT molecular complexity index is 611. The Labute approximate surface area is 140 Å². The van der Waals surface area contributed by atoms with Crippen LogP contribution in [0.4, 0.5) is 0 Å². The van der Waals surface area contributed by atoms with Crippen LogP contribution in [-0.4, -0.2) is 6.10 Å². The van der Waals surface area contributed by atoms with Gasteiger partial charge in [-0.2, -0.15) is 0 Å². The van der Waals surface area contributed by atoms with Gasteiger partial charge in [0.2, 0.25) is 0 Å². The van der Waals surface area contributed by atoms with Gasteiger partial charge in [-0.25, -0.2) is 0 Å². The zero-order valence-electron chi connectivity index (χ0n) is 11.9. The Balaban J connectivity index is 2.12.